The number of rotatable bonds is 5. The third-order valence-electron chi connectivity index (χ3n) is 4.47. The molecule has 2 saturated heterocycles. The molecule has 2 aliphatic heterocycles. The number of morpholine rings is 1. The molecule has 0 saturated carbocycles. The van der Waals surface area contributed by atoms with Crippen LogP contribution in [0.3, 0.4) is 0 Å². The summed E-state index contributed by atoms with van der Waals surface area (Å²) in [4.78, 5) is 14.5. The van der Waals surface area contributed by atoms with Gasteiger partial charge in [-0.05, 0) is 25.5 Å². The van der Waals surface area contributed by atoms with Gasteiger partial charge in [0, 0.05) is 26.2 Å². The summed E-state index contributed by atoms with van der Waals surface area (Å²) in [5, 5.41) is 15.6. The number of aliphatic hydroxyl groups is 1. The van der Waals surface area contributed by atoms with Crippen molar-refractivity contribution in [1.82, 2.24) is 15.5 Å². The molecule has 0 aromatic carbocycles. The van der Waals surface area contributed by atoms with E-state index in [1.165, 1.54) is 0 Å². The lowest BCUT2D eigenvalue weighted by Gasteiger charge is -2.33. The predicted molar refractivity (Wildman–Crippen MR) is 84.0 cm³/mol. The van der Waals surface area contributed by atoms with Gasteiger partial charge in [-0.3, -0.25) is 9.69 Å². The molecule has 3 atom stereocenters. The van der Waals surface area contributed by atoms with Crippen molar-refractivity contribution in [1.29, 1.82) is 0 Å². The summed E-state index contributed by atoms with van der Waals surface area (Å²) in [6.45, 7) is 5.91. The van der Waals surface area contributed by atoms with Crippen LogP contribution in [0.4, 0.5) is 0 Å². The fraction of sp³-hybridized carbons (Fsp3) is 0.688. The molecular formula is C16H25N3O4. The van der Waals surface area contributed by atoms with E-state index in [0.29, 0.717) is 32.7 Å². The molecule has 128 valence electrons. The molecule has 1 amide bonds. The molecule has 2 fully saturated rings. The number of hydrogen-bond acceptors (Lipinski definition) is 6. The van der Waals surface area contributed by atoms with Crippen molar-refractivity contribution in [3.05, 3.63) is 23.7 Å². The summed E-state index contributed by atoms with van der Waals surface area (Å²) in [7, 11) is 0. The second-order valence-corrected chi connectivity index (χ2v) is 6.21. The summed E-state index contributed by atoms with van der Waals surface area (Å²) < 4.78 is 11.2. The van der Waals surface area contributed by atoms with Crippen LogP contribution < -0.4 is 10.6 Å². The lowest BCUT2D eigenvalue weighted by Crippen LogP contribution is -2.47. The largest absolute Gasteiger partial charge is 0.465 e. The number of furan rings is 1. The maximum atomic E-state index is 12.3. The van der Waals surface area contributed by atoms with Gasteiger partial charge < -0.3 is 24.9 Å². The van der Waals surface area contributed by atoms with Gasteiger partial charge in [-0.15, -0.1) is 0 Å². The van der Waals surface area contributed by atoms with Crippen LogP contribution >= 0.6 is 0 Å². The zero-order chi connectivity index (χ0) is 16.2. The maximum absolute atomic E-state index is 12.3. The Balaban J connectivity index is 1.62. The van der Waals surface area contributed by atoms with Crippen molar-refractivity contribution in [2.45, 2.75) is 31.5 Å². The fourth-order valence-corrected chi connectivity index (χ4v) is 3.17. The molecule has 2 aliphatic rings. The Labute approximate surface area is 136 Å². The molecule has 0 aliphatic carbocycles. The Bertz CT molecular complexity index is 527. The second kappa shape index (κ2) is 7.44. The Hall–Kier alpha value is -1.41. The van der Waals surface area contributed by atoms with Crippen LogP contribution in [0.15, 0.2) is 16.5 Å². The molecular weight excluding hydrogens is 298 g/mol. The monoisotopic (exact) mass is 323 g/mol. The SMILES string of the molecule is Cc1ccc([C@H](CNC(=O)[C@@H]2C[C@H](O)CN2)N2CCOCC2)o1. The zero-order valence-corrected chi connectivity index (χ0v) is 13.5. The number of aryl methyl sites for hydroxylation is 1. The van der Waals surface area contributed by atoms with Crippen molar-refractivity contribution < 1.29 is 19.1 Å². The minimum atomic E-state index is -0.437. The van der Waals surface area contributed by atoms with Gasteiger partial charge in [0.2, 0.25) is 5.91 Å². The van der Waals surface area contributed by atoms with Crippen LogP contribution in [-0.2, 0) is 9.53 Å². The van der Waals surface area contributed by atoms with Gasteiger partial charge in [-0.1, -0.05) is 0 Å². The van der Waals surface area contributed by atoms with E-state index in [9.17, 15) is 9.90 Å². The van der Waals surface area contributed by atoms with Crippen molar-refractivity contribution in [2.75, 3.05) is 39.4 Å². The van der Waals surface area contributed by atoms with Crippen LogP contribution in [-0.4, -0.2) is 67.5 Å². The highest BCUT2D eigenvalue weighted by molar-refractivity contribution is 5.82. The first-order valence-electron chi connectivity index (χ1n) is 8.21. The number of aliphatic hydroxyl groups excluding tert-OH is 1. The molecule has 3 rings (SSSR count). The number of β-amino-alcohol motifs (C(OH)–C–C–N with tert-alkyl or cyclic N) is 1. The third kappa shape index (κ3) is 4.11. The number of nitrogens with zero attached hydrogens (tertiary/aromatic N) is 1. The molecule has 1 aromatic rings. The molecule has 7 nitrogen and oxygen atoms in total. The van der Waals surface area contributed by atoms with E-state index in [4.69, 9.17) is 9.15 Å². The molecule has 0 radical (unpaired) electrons. The van der Waals surface area contributed by atoms with Crippen LogP contribution in [0.5, 0.6) is 0 Å². The van der Waals surface area contributed by atoms with Gasteiger partial charge in [0.05, 0.1) is 31.4 Å². The van der Waals surface area contributed by atoms with Crippen molar-refractivity contribution in [3.63, 3.8) is 0 Å². The number of carbonyl (C=O) groups is 1. The lowest BCUT2D eigenvalue weighted by atomic mass is 10.1. The molecule has 0 bridgehead atoms. The van der Waals surface area contributed by atoms with Crippen molar-refractivity contribution in [2.24, 2.45) is 0 Å². The summed E-state index contributed by atoms with van der Waals surface area (Å²) in [6.07, 6.45) is 0.0296. The topological polar surface area (TPSA) is 87.0 Å². The fourth-order valence-electron chi connectivity index (χ4n) is 3.17. The van der Waals surface area contributed by atoms with E-state index in [-0.39, 0.29) is 18.0 Å². The molecule has 23 heavy (non-hydrogen) atoms. The van der Waals surface area contributed by atoms with Gasteiger partial charge in [0.1, 0.15) is 11.5 Å². The highest BCUT2D eigenvalue weighted by atomic mass is 16.5. The highest BCUT2D eigenvalue weighted by Gasteiger charge is 2.30. The summed E-state index contributed by atoms with van der Waals surface area (Å²) in [6, 6.07) is 3.61. The van der Waals surface area contributed by atoms with E-state index in [2.05, 4.69) is 15.5 Å². The lowest BCUT2D eigenvalue weighted by molar-refractivity contribution is -0.123. The first kappa shape index (κ1) is 16.4. The van der Waals surface area contributed by atoms with E-state index >= 15 is 0 Å². The quantitative estimate of drug-likeness (QED) is 0.696. The minimum Gasteiger partial charge on any atom is -0.465 e. The van der Waals surface area contributed by atoms with Crippen molar-refractivity contribution in [3.8, 4) is 0 Å². The first-order valence-corrected chi connectivity index (χ1v) is 8.21. The molecule has 3 heterocycles. The summed E-state index contributed by atoms with van der Waals surface area (Å²) >= 11 is 0. The second-order valence-electron chi connectivity index (χ2n) is 6.21. The van der Waals surface area contributed by atoms with Crippen LogP contribution in [0.25, 0.3) is 0 Å². The Kier molecular flexibility index (Phi) is 5.32. The van der Waals surface area contributed by atoms with E-state index in [1.807, 2.05) is 19.1 Å². The van der Waals surface area contributed by atoms with E-state index < -0.39 is 6.10 Å². The Morgan fingerprint density at radius 3 is 2.87 bits per heavy atom. The normalized spacial score (nSPS) is 27.0. The summed E-state index contributed by atoms with van der Waals surface area (Å²) in [5.74, 6) is 1.66. The van der Waals surface area contributed by atoms with Gasteiger partial charge in [-0.25, -0.2) is 0 Å². The van der Waals surface area contributed by atoms with Crippen LogP contribution in [0.1, 0.15) is 24.0 Å². The maximum Gasteiger partial charge on any atom is 0.237 e. The van der Waals surface area contributed by atoms with Gasteiger partial charge in [-0.2, -0.15) is 0 Å². The number of amides is 1. The van der Waals surface area contributed by atoms with E-state index in [0.717, 1.165) is 24.6 Å². The minimum absolute atomic E-state index is 0.00266. The number of hydrogen-bond donors (Lipinski definition) is 3. The highest BCUT2D eigenvalue weighted by Crippen LogP contribution is 2.23. The van der Waals surface area contributed by atoms with Gasteiger partial charge in [0.25, 0.3) is 0 Å². The van der Waals surface area contributed by atoms with E-state index in [1.54, 1.807) is 0 Å². The predicted octanol–water partition coefficient (Wildman–Crippen LogP) is -0.200. The molecule has 1 aromatic heterocycles. The number of ether oxygens (including phenoxy) is 1. The zero-order valence-electron chi connectivity index (χ0n) is 13.5. The third-order valence-corrected chi connectivity index (χ3v) is 4.47. The van der Waals surface area contributed by atoms with Crippen LogP contribution in [0, 0.1) is 6.92 Å². The first-order chi connectivity index (χ1) is 11.1. The number of nitrogens with one attached hydrogen (secondary N) is 2. The smallest absolute Gasteiger partial charge is 0.237 e. The average molecular weight is 323 g/mol. The number of carbonyl (C=O) groups excluding carboxylic acids is 1. The Morgan fingerprint density at radius 1 is 1.48 bits per heavy atom. The molecule has 3 N–H and O–H groups in total. The van der Waals surface area contributed by atoms with Crippen LogP contribution in [0.2, 0.25) is 0 Å². The Morgan fingerprint density at radius 2 is 2.26 bits per heavy atom. The van der Waals surface area contributed by atoms with Gasteiger partial charge in [0.15, 0.2) is 0 Å². The van der Waals surface area contributed by atoms with Gasteiger partial charge >= 0.3 is 0 Å². The molecule has 0 spiro atoms. The average Bonchev–Trinajstić information content (AvgIpc) is 3.17. The molecule has 7 heteroatoms. The summed E-state index contributed by atoms with van der Waals surface area (Å²) in [5.41, 5.74) is 0. The standard InChI is InChI=1S/C16H25N3O4/c1-11-2-3-15(23-11)14(19-4-6-22-7-5-19)10-18-16(21)13-8-12(20)9-17-13/h2-3,12-14,17,20H,4-10H2,1H3,(H,18,21)/t12-,13-,14-/m0/s1. The van der Waals surface area contributed by atoms with Crippen molar-refractivity contribution >= 4 is 5.91 Å². The molecule has 0 unspecified atom stereocenters.